The normalized spacial score (nSPS) is 11.3. The molecule has 0 fully saturated rings. The highest BCUT2D eigenvalue weighted by Crippen LogP contribution is 2.25. The molecule has 0 aliphatic heterocycles. The highest BCUT2D eigenvalue weighted by molar-refractivity contribution is 14.1. The quantitative estimate of drug-likeness (QED) is 0.191. The average Bonchev–Trinajstić information content (AvgIpc) is 2.50. The van der Waals surface area contributed by atoms with E-state index >= 15 is 0 Å². The number of hydrogen-bond donors (Lipinski definition) is 0. The zero-order valence-corrected chi connectivity index (χ0v) is 13.9. The van der Waals surface area contributed by atoms with Gasteiger partial charge in [0, 0.05) is 11.3 Å². The van der Waals surface area contributed by atoms with Crippen molar-refractivity contribution in [1.82, 2.24) is 3.22 Å². The smallest absolute Gasteiger partial charge is 0.0846 e. The highest BCUT2D eigenvalue weighted by Gasteiger charge is 2.02. The first-order valence-electron chi connectivity index (χ1n) is 6.72. The van der Waals surface area contributed by atoms with E-state index in [0.29, 0.717) is 0 Å². The maximum atomic E-state index is 4.42. The van der Waals surface area contributed by atoms with Crippen LogP contribution in [-0.4, -0.2) is 9.44 Å². The summed E-state index contributed by atoms with van der Waals surface area (Å²) in [7, 11) is 0. The van der Waals surface area contributed by atoms with E-state index < -0.39 is 0 Å². The van der Waals surface area contributed by atoms with E-state index in [9.17, 15) is 0 Å². The predicted octanol–water partition coefficient (Wildman–Crippen LogP) is 5.51. The maximum absolute atomic E-state index is 4.42. The third kappa shape index (κ3) is 2.93. The molecule has 0 atom stereocenters. The van der Waals surface area contributed by atoms with Gasteiger partial charge in [-0.25, -0.2) is 3.22 Å². The Morgan fingerprint density at radius 2 is 1.71 bits per heavy atom. The third-order valence-electron chi connectivity index (χ3n) is 3.39. The molecule has 0 aromatic heterocycles. The second-order valence-electron chi connectivity index (χ2n) is 5.01. The number of halogens is 1. The Labute approximate surface area is 138 Å². The molecule has 3 aromatic rings. The van der Waals surface area contributed by atoms with Crippen molar-refractivity contribution in [2.24, 2.45) is 5.10 Å². The summed E-state index contributed by atoms with van der Waals surface area (Å²) < 4.78 is 1.75. The second-order valence-corrected chi connectivity index (χ2v) is 5.92. The monoisotopic (exact) mass is 386 g/mol. The van der Waals surface area contributed by atoms with Crippen LogP contribution < -0.4 is 0 Å². The van der Waals surface area contributed by atoms with Crippen LogP contribution in [0.25, 0.3) is 21.5 Å². The van der Waals surface area contributed by atoms with Gasteiger partial charge in [-0.1, -0.05) is 49.0 Å². The second kappa shape index (κ2) is 5.85. The zero-order valence-electron chi connectivity index (χ0n) is 11.8. The van der Waals surface area contributed by atoms with Crippen LogP contribution >= 0.6 is 22.9 Å². The Kier molecular flexibility index (Phi) is 3.92. The molecule has 0 spiro atoms. The predicted molar refractivity (Wildman–Crippen MR) is 99.7 cm³/mol. The minimum absolute atomic E-state index is 0.900. The maximum Gasteiger partial charge on any atom is 0.0846 e. The number of allylic oxidation sites excluding steroid dienone is 1. The summed E-state index contributed by atoms with van der Waals surface area (Å²) in [6.07, 6.45) is 1.89. The number of hydrazone groups is 1. The molecule has 0 radical (unpaired) electrons. The molecular weight excluding hydrogens is 371 g/mol. The number of hydrogen-bond acceptors (Lipinski definition) is 2. The van der Waals surface area contributed by atoms with Crippen LogP contribution in [0, 0.1) is 0 Å². The lowest BCUT2D eigenvalue weighted by Crippen LogP contribution is -1.98. The van der Waals surface area contributed by atoms with Gasteiger partial charge in [-0.2, -0.15) is 5.10 Å². The van der Waals surface area contributed by atoms with Crippen molar-refractivity contribution in [2.45, 2.75) is 6.92 Å². The Bertz CT molecular complexity index is 852. The standard InChI is InChI=1S/C18H15IN2/c1-13(2)21(19)20-12-17-9-5-8-16-10-14-6-3-4-7-15(14)11-18(16)17/h3-12H,1H2,2H3/b20-12+. The van der Waals surface area contributed by atoms with Crippen LogP contribution in [0.1, 0.15) is 12.5 Å². The van der Waals surface area contributed by atoms with Crippen LogP contribution in [0.5, 0.6) is 0 Å². The van der Waals surface area contributed by atoms with Crippen molar-refractivity contribution in [3.8, 4) is 0 Å². The molecule has 3 aromatic carbocycles. The van der Waals surface area contributed by atoms with Crippen molar-refractivity contribution in [3.63, 3.8) is 0 Å². The summed E-state index contributed by atoms with van der Waals surface area (Å²) in [5, 5.41) is 9.37. The van der Waals surface area contributed by atoms with Gasteiger partial charge in [0.05, 0.1) is 29.1 Å². The Morgan fingerprint density at radius 1 is 1.05 bits per heavy atom. The minimum Gasteiger partial charge on any atom is -0.209 e. The van der Waals surface area contributed by atoms with E-state index in [0.717, 1.165) is 11.3 Å². The molecule has 0 saturated carbocycles. The molecular formula is C18H15IN2. The fourth-order valence-electron chi connectivity index (χ4n) is 2.32. The fourth-order valence-corrected chi connectivity index (χ4v) is 2.44. The number of fused-ring (bicyclic) bond motifs is 2. The Hall–Kier alpha value is -1.88. The highest BCUT2D eigenvalue weighted by atomic mass is 127. The van der Waals surface area contributed by atoms with E-state index in [1.807, 2.05) is 13.1 Å². The van der Waals surface area contributed by atoms with Crippen LogP contribution in [0.15, 0.2) is 72.0 Å². The molecule has 21 heavy (non-hydrogen) atoms. The third-order valence-corrected chi connectivity index (χ3v) is 4.47. The molecule has 0 aliphatic rings. The zero-order chi connectivity index (χ0) is 14.8. The molecule has 0 unspecified atom stereocenters. The van der Waals surface area contributed by atoms with Crippen LogP contribution in [-0.2, 0) is 0 Å². The van der Waals surface area contributed by atoms with Crippen molar-refractivity contribution in [1.29, 1.82) is 0 Å². The lowest BCUT2D eigenvalue weighted by Gasteiger charge is -2.09. The molecule has 0 aliphatic carbocycles. The molecule has 0 amide bonds. The lowest BCUT2D eigenvalue weighted by atomic mass is 10.0. The van der Waals surface area contributed by atoms with Crippen LogP contribution in [0.3, 0.4) is 0 Å². The molecule has 0 N–H and O–H groups in total. The van der Waals surface area contributed by atoms with E-state index in [2.05, 4.69) is 89.1 Å². The Balaban J connectivity index is 2.14. The number of nitrogens with zero attached hydrogens (tertiary/aromatic N) is 2. The molecule has 0 saturated heterocycles. The first-order chi connectivity index (χ1) is 10.1. The van der Waals surface area contributed by atoms with E-state index in [-0.39, 0.29) is 0 Å². The molecule has 2 nitrogen and oxygen atoms in total. The molecule has 3 heteroatoms. The summed E-state index contributed by atoms with van der Waals surface area (Å²) in [6.45, 7) is 5.81. The van der Waals surface area contributed by atoms with E-state index in [4.69, 9.17) is 0 Å². The van der Waals surface area contributed by atoms with Crippen molar-refractivity contribution in [2.75, 3.05) is 0 Å². The van der Waals surface area contributed by atoms with Gasteiger partial charge in [0.25, 0.3) is 0 Å². The summed E-state index contributed by atoms with van der Waals surface area (Å²) in [5.74, 6) is 0. The SMILES string of the molecule is C=C(C)N(I)/N=C/c1cccc2cc3ccccc3cc12. The van der Waals surface area contributed by atoms with Crippen LogP contribution in [0.4, 0.5) is 0 Å². The molecule has 0 bridgehead atoms. The van der Waals surface area contributed by atoms with Crippen molar-refractivity contribution in [3.05, 3.63) is 72.4 Å². The van der Waals surface area contributed by atoms with Gasteiger partial charge in [0.1, 0.15) is 0 Å². The van der Waals surface area contributed by atoms with Gasteiger partial charge in [0.2, 0.25) is 0 Å². The summed E-state index contributed by atoms with van der Waals surface area (Å²) >= 11 is 2.13. The summed E-state index contributed by atoms with van der Waals surface area (Å²) in [5.41, 5.74) is 2.01. The van der Waals surface area contributed by atoms with Gasteiger partial charge >= 0.3 is 0 Å². The summed E-state index contributed by atoms with van der Waals surface area (Å²) in [6, 6.07) is 19.2. The van der Waals surface area contributed by atoms with Gasteiger partial charge in [-0.05, 0) is 40.6 Å². The fraction of sp³-hybridized carbons (Fsp3) is 0.0556. The number of benzene rings is 3. The van der Waals surface area contributed by atoms with Gasteiger partial charge in [-0.3, -0.25) is 0 Å². The minimum atomic E-state index is 0.900. The first kappa shape index (κ1) is 14.1. The topological polar surface area (TPSA) is 15.6 Å². The molecule has 104 valence electrons. The van der Waals surface area contributed by atoms with E-state index in [1.54, 1.807) is 3.22 Å². The van der Waals surface area contributed by atoms with Gasteiger partial charge < -0.3 is 0 Å². The Morgan fingerprint density at radius 3 is 2.43 bits per heavy atom. The molecule has 3 rings (SSSR count). The average molecular weight is 386 g/mol. The largest absolute Gasteiger partial charge is 0.209 e. The van der Waals surface area contributed by atoms with Crippen molar-refractivity contribution >= 4 is 50.6 Å². The van der Waals surface area contributed by atoms with E-state index in [1.165, 1.54) is 21.5 Å². The van der Waals surface area contributed by atoms with Gasteiger partial charge in [0.15, 0.2) is 0 Å². The van der Waals surface area contributed by atoms with Crippen molar-refractivity contribution < 1.29 is 0 Å². The first-order valence-corrected chi connectivity index (χ1v) is 7.68. The molecule has 0 heterocycles. The number of rotatable bonds is 3. The van der Waals surface area contributed by atoms with Crippen LogP contribution in [0.2, 0.25) is 0 Å². The lowest BCUT2D eigenvalue weighted by molar-refractivity contribution is 0.676. The van der Waals surface area contributed by atoms with Gasteiger partial charge in [-0.15, -0.1) is 0 Å². The summed E-state index contributed by atoms with van der Waals surface area (Å²) in [4.78, 5) is 0.